The van der Waals surface area contributed by atoms with Gasteiger partial charge in [0.15, 0.2) is 16.7 Å². The number of thiazole rings is 1. The van der Waals surface area contributed by atoms with E-state index >= 15 is 0 Å². The summed E-state index contributed by atoms with van der Waals surface area (Å²) in [5.41, 5.74) is 1.51. The van der Waals surface area contributed by atoms with E-state index in [1.165, 1.54) is 40.1 Å². The summed E-state index contributed by atoms with van der Waals surface area (Å²) in [5.74, 6) is -0.596. The molecular formula is C15H13N3O3S2. The number of rotatable bonds is 2. The fourth-order valence-corrected chi connectivity index (χ4v) is 3.60. The van der Waals surface area contributed by atoms with Crippen LogP contribution in [0.25, 0.3) is 6.08 Å². The van der Waals surface area contributed by atoms with Crippen LogP contribution in [-0.2, 0) is 4.79 Å². The molecule has 1 saturated heterocycles. The Morgan fingerprint density at radius 3 is 2.74 bits per heavy atom. The van der Waals surface area contributed by atoms with Crippen molar-refractivity contribution in [3.63, 3.8) is 0 Å². The molecule has 3 rings (SSSR count). The van der Waals surface area contributed by atoms with E-state index < -0.39 is 0 Å². The molecule has 1 aromatic carbocycles. The number of aromatic hydroxyl groups is 2. The van der Waals surface area contributed by atoms with Crippen molar-refractivity contribution in [2.24, 2.45) is 4.99 Å². The van der Waals surface area contributed by atoms with Gasteiger partial charge in [-0.25, -0.2) is 4.98 Å². The second-order valence-electron chi connectivity index (χ2n) is 4.89. The summed E-state index contributed by atoms with van der Waals surface area (Å²) >= 11 is 2.66. The summed E-state index contributed by atoms with van der Waals surface area (Å²) in [6, 6.07) is 4.40. The van der Waals surface area contributed by atoms with Gasteiger partial charge in [-0.3, -0.25) is 9.69 Å². The first kappa shape index (κ1) is 15.6. The predicted molar refractivity (Wildman–Crippen MR) is 92.1 cm³/mol. The Kier molecular flexibility index (Phi) is 4.10. The van der Waals surface area contributed by atoms with Gasteiger partial charge in [0.1, 0.15) is 0 Å². The van der Waals surface area contributed by atoms with Gasteiger partial charge in [0.05, 0.1) is 10.6 Å². The van der Waals surface area contributed by atoms with E-state index in [9.17, 15) is 15.0 Å². The maximum Gasteiger partial charge on any atom is 0.266 e. The van der Waals surface area contributed by atoms with Gasteiger partial charge in [0.25, 0.3) is 5.91 Å². The Bertz CT molecular complexity index is 842. The molecule has 1 amide bonds. The molecule has 23 heavy (non-hydrogen) atoms. The number of nitrogens with zero attached hydrogens (tertiary/aromatic N) is 3. The number of carbonyl (C=O) groups is 1. The molecule has 8 heteroatoms. The molecule has 0 atom stereocenters. The monoisotopic (exact) mass is 347 g/mol. The van der Waals surface area contributed by atoms with E-state index in [-0.39, 0.29) is 17.4 Å². The maximum absolute atomic E-state index is 12.3. The van der Waals surface area contributed by atoms with Crippen molar-refractivity contribution in [2.45, 2.75) is 6.92 Å². The molecule has 0 saturated carbocycles. The number of amides is 1. The Morgan fingerprint density at radius 1 is 1.30 bits per heavy atom. The molecule has 2 N–H and O–H groups in total. The van der Waals surface area contributed by atoms with Crippen molar-refractivity contribution in [1.82, 2.24) is 9.88 Å². The van der Waals surface area contributed by atoms with E-state index in [4.69, 9.17) is 0 Å². The number of benzene rings is 1. The molecule has 6 nitrogen and oxygen atoms in total. The van der Waals surface area contributed by atoms with Gasteiger partial charge in [-0.1, -0.05) is 6.07 Å². The fraction of sp³-hybridized carbons (Fsp3) is 0.133. The molecule has 0 radical (unpaired) electrons. The van der Waals surface area contributed by atoms with Gasteiger partial charge in [-0.05, 0) is 42.5 Å². The molecule has 1 aliphatic heterocycles. The highest BCUT2D eigenvalue weighted by Gasteiger charge is 2.30. The lowest BCUT2D eigenvalue weighted by Crippen LogP contribution is -2.23. The van der Waals surface area contributed by atoms with Gasteiger partial charge in [0.2, 0.25) is 5.13 Å². The number of phenols is 2. The molecule has 0 bridgehead atoms. The number of amidine groups is 1. The van der Waals surface area contributed by atoms with Crippen LogP contribution in [0.15, 0.2) is 33.5 Å². The lowest BCUT2D eigenvalue weighted by molar-refractivity contribution is -0.121. The molecule has 2 aromatic rings. The van der Waals surface area contributed by atoms with Crippen LogP contribution in [0.2, 0.25) is 0 Å². The van der Waals surface area contributed by atoms with E-state index in [0.29, 0.717) is 20.8 Å². The number of thioether (sulfide) groups is 1. The molecular weight excluding hydrogens is 334 g/mol. The zero-order valence-electron chi connectivity index (χ0n) is 12.3. The van der Waals surface area contributed by atoms with E-state index in [1.54, 1.807) is 19.2 Å². The minimum Gasteiger partial charge on any atom is -0.504 e. The second-order valence-corrected chi connectivity index (χ2v) is 6.73. The van der Waals surface area contributed by atoms with Crippen LogP contribution in [0.1, 0.15) is 11.3 Å². The molecule has 1 fully saturated rings. The van der Waals surface area contributed by atoms with Crippen LogP contribution in [0.3, 0.4) is 0 Å². The molecule has 0 spiro atoms. The summed E-state index contributed by atoms with van der Waals surface area (Å²) < 4.78 is 0. The van der Waals surface area contributed by atoms with Crippen molar-refractivity contribution >= 4 is 45.4 Å². The van der Waals surface area contributed by atoms with E-state index in [2.05, 4.69) is 9.98 Å². The largest absolute Gasteiger partial charge is 0.504 e. The second kappa shape index (κ2) is 6.05. The number of carbonyl (C=O) groups excluding carboxylic acids is 1. The first-order chi connectivity index (χ1) is 10.9. The normalized spacial score (nSPS) is 18.3. The third kappa shape index (κ3) is 3.22. The lowest BCUT2D eigenvalue weighted by Gasteiger charge is -2.05. The summed E-state index contributed by atoms with van der Waals surface area (Å²) in [4.78, 5) is 22.9. The Balaban J connectivity index is 1.90. The third-order valence-electron chi connectivity index (χ3n) is 3.10. The van der Waals surface area contributed by atoms with Gasteiger partial charge >= 0.3 is 0 Å². The molecule has 1 aromatic heterocycles. The van der Waals surface area contributed by atoms with Crippen molar-refractivity contribution in [3.8, 4) is 11.5 Å². The highest BCUT2D eigenvalue weighted by Crippen LogP contribution is 2.34. The number of aryl methyl sites for hydroxylation is 1. The summed E-state index contributed by atoms with van der Waals surface area (Å²) in [6.45, 7) is 1.89. The number of aliphatic imine (C=N–C) groups is 1. The van der Waals surface area contributed by atoms with Crippen LogP contribution in [-0.4, -0.2) is 38.2 Å². The quantitative estimate of drug-likeness (QED) is 0.644. The Labute approximate surface area is 140 Å². The number of hydrogen-bond acceptors (Lipinski definition) is 7. The van der Waals surface area contributed by atoms with Gasteiger partial charge in [-0.2, -0.15) is 4.99 Å². The zero-order chi connectivity index (χ0) is 16.6. The molecule has 2 heterocycles. The van der Waals surface area contributed by atoms with Crippen LogP contribution in [0.4, 0.5) is 5.13 Å². The smallest absolute Gasteiger partial charge is 0.266 e. The average molecular weight is 347 g/mol. The number of likely N-dealkylation sites (N-methyl/N-ethyl adjacent to an activating group) is 1. The SMILES string of the molecule is Cc1csc(/N=C2/S/C(=C\c3ccc(O)c(O)c3)C(=O)N2C)n1. The topological polar surface area (TPSA) is 86.0 Å². The summed E-state index contributed by atoms with van der Waals surface area (Å²) in [7, 11) is 1.66. The van der Waals surface area contributed by atoms with Crippen LogP contribution in [0, 0.1) is 6.92 Å². The van der Waals surface area contributed by atoms with E-state index in [0.717, 1.165) is 5.69 Å². The molecule has 0 aliphatic carbocycles. The van der Waals surface area contributed by atoms with Crippen LogP contribution in [0.5, 0.6) is 11.5 Å². The third-order valence-corrected chi connectivity index (χ3v) is 5.01. The molecule has 1 aliphatic rings. The average Bonchev–Trinajstić information content (AvgIpc) is 3.03. The maximum atomic E-state index is 12.3. The highest BCUT2D eigenvalue weighted by molar-refractivity contribution is 8.18. The predicted octanol–water partition coefficient (Wildman–Crippen LogP) is 3.10. The van der Waals surface area contributed by atoms with Gasteiger partial charge < -0.3 is 10.2 Å². The Morgan fingerprint density at radius 2 is 2.09 bits per heavy atom. The van der Waals surface area contributed by atoms with Gasteiger partial charge in [-0.15, -0.1) is 11.3 Å². The van der Waals surface area contributed by atoms with Crippen molar-refractivity contribution in [1.29, 1.82) is 0 Å². The van der Waals surface area contributed by atoms with Crippen molar-refractivity contribution in [2.75, 3.05) is 7.05 Å². The van der Waals surface area contributed by atoms with Crippen LogP contribution < -0.4 is 0 Å². The number of hydrogen-bond donors (Lipinski definition) is 2. The highest BCUT2D eigenvalue weighted by atomic mass is 32.2. The fourth-order valence-electron chi connectivity index (χ4n) is 1.91. The Hall–Kier alpha value is -2.32. The summed E-state index contributed by atoms with van der Waals surface area (Å²) in [6.07, 6.45) is 1.65. The van der Waals surface area contributed by atoms with Gasteiger partial charge in [0, 0.05) is 12.4 Å². The van der Waals surface area contributed by atoms with Crippen molar-refractivity contribution < 1.29 is 15.0 Å². The zero-order valence-corrected chi connectivity index (χ0v) is 14.0. The number of phenolic OH excluding ortho intramolecular Hbond substituents is 2. The van der Waals surface area contributed by atoms with E-state index in [1.807, 2.05) is 12.3 Å². The molecule has 118 valence electrons. The molecule has 0 unspecified atom stereocenters. The summed E-state index contributed by atoms with van der Waals surface area (Å²) in [5, 5.41) is 21.9. The minimum absolute atomic E-state index is 0.172. The number of aromatic nitrogens is 1. The lowest BCUT2D eigenvalue weighted by atomic mass is 10.2. The van der Waals surface area contributed by atoms with Crippen molar-refractivity contribution in [3.05, 3.63) is 39.7 Å². The minimum atomic E-state index is -0.227. The first-order valence-corrected chi connectivity index (χ1v) is 8.34. The standard InChI is InChI=1S/C15H13N3O3S2/c1-8-7-22-14(16-8)17-15-18(2)13(21)12(23-15)6-9-3-4-10(19)11(20)5-9/h3-7,19-20H,1-2H3/b12-6-,17-15+. The first-order valence-electron chi connectivity index (χ1n) is 6.64. The van der Waals surface area contributed by atoms with Crippen LogP contribution >= 0.6 is 23.1 Å².